The first-order valence-corrected chi connectivity index (χ1v) is 4.17. The van der Waals surface area contributed by atoms with Crippen LogP contribution >= 0.6 is 0 Å². The van der Waals surface area contributed by atoms with Crippen molar-refractivity contribution in [3.8, 4) is 0 Å². The number of primary amides is 1. The Bertz CT molecular complexity index is 169. The van der Waals surface area contributed by atoms with Gasteiger partial charge in [0.1, 0.15) is 0 Å². The molecule has 4 N–H and O–H groups in total. The van der Waals surface area contributed by atoms with Gasteiger partial charge in [-0.1, -0.05) is 13.3 Å². The van der Waals surface area contributed by atoms with Crippen LogP contribution in [-0.2, 0) is 4.79 Å². The molecule has 1 aliphatic carbocycles. The van der Waals surface area contributed by atoms with E-state index in [0.717, 1.165) is 25.7 Å². The van der Waals surface area contributed by atoms with Crippen molar-refractivity contribution in [3.63, 3.8) is 0 Å². The average Bonchev–Trinajstić information content (AvgIpc) is 2.33. The van der Waals surface area contributed by atoms with Crippen molar-refractivity contribution >= 4 is 5.91 Å². The molecule has 0 bridgehead atoms. The highest BCUT2D eigenvalue weighted by atomic mass is 16.1. The molecule has 1 rings (SSSR count). The Labute approximate surface area is 67.1 Å². The summed E-state index contributed by atoms with van der Waals surface area (Å²) in [6.45, 7) is 2.12. The quantitative estimate of drug-likeness (QED) is 0.606. The van der Waals surface area contributed by atoms with Crippen molar-refractivity contribution in [1.82, 2.24) is 0 Å². The maximum atomic E-state index is 10.9. The monoisotopic (exact) mass is 156 g/mol. The highest BCUT2D eigenvalue weighted by Gasteiger charge is 2.39. The Kier molecular flexibility index (Phi) is 2.18. The van der Waals surface area contributed by atoms with Gasteiger partial charge >= 0.3 is 0 Å². The third kappa shape index (κ3) is 1.53. The summed E-state index contributed by atoms with van der Waals surface area (Å²) in [5, 5.41) is 0. The molecule has 0 radical (unpaired) electrons. The van der Waals surface area contributed by atoms with E-state index in [1.54, 1.807) is 0 Å². The summed E-state index contributed by atoms with van der Waals surface area (Å²) in [7, 11) is 0. The normalized spacial score (nSPS) is 37.5. The summed E-state index contributed by atoms with van der Waals surface area (Å²) in [5.41, 5.74) is 10.3. The number of hydrogen-bond acceptors (Lipinski definition) is 2. The van der Waals surface area contributed by atoms with E-state index in [4.69, 9.17) is 11.5 Å². The van der Waals surface area contributed by atoms with Gasteiger partial charge in [-0.3, -0.25) is 4.79 Å². The van der Waals surface area contributed by atoms with Crippen LogP contribution in [0.2, 0.25) is 0 Å². The predicted molar refractivity (Wildman–Crippen MR) is 43.7 cm³/mol. The SMILES string of the molecule is CCC1CCC(N)(C(N)=O)C1. The molecule has 1 aliphatic rings. The van der Waals surface area contributed by atoms with Gasteiger partial charge < -0.3 is 11.5 Å². The van der Waals surface area contributed by atoms with E-state index in [1.807, 2.05) is 0 Å². The lowest BCUT2D eigenvalue weighted by atomic mass is 9.96. The van der Waals surface area contributed by atoms with Gasteiger partial charge in [0.2, 0.25) is 5.91 Å². The third-order valence-electron chi connectivity index (χ3n) is 2.72. The molecule has 0 aromatic rings. The molecule has 0 aliphatic heterocycles. The van der Waals surface area contributed by atoms with E-state index in [-0.39, 0.29) is 5.91 Å². The smallest absolute Gasteiger partial charge is 0.237 e. The maximum absolute atomic E-state index is 10.9. The standard InChI is InChI=1S/C8H16N2O/c1-2-6-3-4-8(10,5-6)7(9)11/h6H,2-5,10H2,1H3,(H2,9,11). The molecule has 0 saturated heterocycles. The van der Waals surface area contributed by atoms with Gasteiger partial charge in [-0.25, -0.2) is 0 Å². The predicted octanol–water partition coefficient (Wildman–Crippen LogP) is 0.379. The summed E-state index contributed by atoms with van der Waals surface area (Å²) in [4.78, 5) is 10.9. The van der Waals surface area contributed by atoms with Crippen LogP contribution in [0.1, 0.15) is 32.6 Å². The first-order chi connectivity index (χ1) is 5.08. The number of amides is 1. The lowest BCUT2D eigenvalue weighted by molar-refractivity contribution is -0.123. The lowest BCUT2D eigenvalue weighted by Gasteiger charge is -2.18. The molecule has 2 unspecified atom stereocenters. The Morgan fingerprint density at radius 3 is 2.64 bits per heavy atom. The van der Waals surface area contributed by atoms with E-state index in [2.05, 4.69) is 6.92 Å². The van der Waals surface area contributed by atoms with Gasteiger partial charge in [0.15, 0.2) is 0 Å². The Balaban J connectivity index is 2.57. The number of rotatable bonds is 2. The molecule has 1 saturated carbocycles. The first kappa shape index (κ1) is 8.53. The number of nitrogens with two attached hydrogens (primary N) is 2. The molecule has 3 nitrogen and oxygen atoms in total. The van der Waals surface area contributed by atoms with Gasteiger partial charge in [0, 0.05) is 0 Å². The fourth-order valence-electron chi connectivity index (χ4n) is 1.75. The van der Waals surface area contributed by atoms with Crippen LogP contribution in [0.5, 0.6) is 0 Å². The van der Waals surface area contributed by atoms with Crippen LogP contribution in [0.25, 0.3) is 0 Å². The summed E-state index contributed by atoms with van der Waals surface area (Å²) in [6.07, 6.45) is 3.70. The molecule has 64 valence electrons. The van der Waals surface area contributed by atoms with Crippen LogP contribution in [0.15, 0.2) is 0 Å². The van der Waals surface area contributed by atoms with Crippen molar-refractivity contribution in [2.45, 2.75) is 38.1 Å². The van der Waals surface area contributed by atoms with Crippen LogP contribution in [-0.4, -0.2) is 11.4 Å². The minimum atomic E-state index is -0.694. The molecular formula is C8H16N2O. The molecule has 0 aromatic heterocycles. The van der Waals surface area contributed by atoms with Crippen molar-refractivity contribution in [3.05, 3.63) is 0 Å². The fourth-order valence-corrected chi connectivity index (χ4v) is 1.75. The number of hydrogen-bond donors (Lipinski definition) is 2. The second-order valence-electron chi connectivity index (χ2n) is 3.54. The largest absolute Gasteiger partial charge is 0.368 e. The second-order valence-corrected chi connectivity index (χ2v) is 3.54. The van der Waals surface area contributed by atoms with Gasteiger partial charge in [-0.2, -0.15) is 0 Å². The minimum Gasteiger partial charge on any atom is -0.368 e. The van der Waals surface area contributed by atoms with Crippen molar-refractivity contribution in [2.24, 2.45) is 17.4 Å². The Hall–Kier alpha value is -0.570. The Morgan fingerprint density at radius 2 is 2.36 bits per heavy atom. The van der Waals surface area contributed by atoms with E-state index >= 15 is 0 Å². The van der Waals surface area contributed by atoms with Crippen molar-refractivity contribution in [1.29, 1.82) is 0 Å². The molecule has 2 atom stereocenters. The zero-order chi connectivity index (χ0) is 8.48. The molecular weight excluding hydrogens is 140 g/mol. The van der Waals surface area contributed by atoms with Gasteiger partial charge in [0.25, 0.3) is 0 Å². The van der Waals surface area contributed by atoms with Crippen LogP contribution in [0.4, 0.5) is 0 Å². The van der Waals surface area contributed by atoms with E-state index < -0.39 is 5.54 Å². The van der Waals surface area contributed by atoms with Crippen LogP contribution in [0, 0.1) is 5.92 Å². The first-order valence-electron chi connectivity index (χ1n) is 4.17. The lowest BCUT2D eigenvalue weighted by Crippen LogP contribution is -2.49. The second kappa shape index (κ2) is 2.81. The van der Waals surface area contributed by atoms with Gasteiger partial charge in [-0.15, -0.1) is 0 Å². The molecule has 1 fully saturated rings. The Morgan fingerprint density at radius 1 is 1.73 bits per heavy atom. The average molecular weight is 156 g/mol. The molecule has 11 heavy (non-hydrogen) atoms. The van der Waals surface area contributed by atoms with Crippen molar-refractivity contribution in [2.75, 3.05) is 0 Å². The maximum Gasteiger partial charge on any atom is 0.237 e. The summed E-state index contributed by atoms with van der Waals surface area (Å²) < 4.78 is 0. The van der Waals surface area contributed by atoms with Crippen LogP contribution < -0.4 is 11.5 Å². The minimum absolute atomic E-state index is 0.339. The molecule has 3 heteroatoms. The van der Waals surface area contributed by atoms with Crippen molar-refractivity contribution < 1.29 is 4.79 Å². The highest BCUT2D eigenvalue weighted by Crippen LogP contribution is 2.34. The highest BCUT2D eigenvalue weighted by molar-refractivity contribution is 5.84. The number of carbonyl (C=O) groups is 1. The van der Waals surface area contributed by atoms with E-state index in [1.165, 1.54) is 0 Å². The molecule has 0 aromatic carbocycles. The molecule has 1 amide bonds. The fraction of sp³-hybridized carbons (Fsp3) is 0.875. The van der Waals surface area contributed by atoms with Gasteiger partial charge in [-0.05, 0) is 25.2 Å². The van der Waals surface area contributed by atoms with E-state index in [9.17, 15) is 4.79 Å². The third-order valence-corrected chi connectivity index (χ3v) is 2.72. The van der Waals surface area contributed by atoms with E-state index in [0.29, 0.717) is 5.92 Å². The zero-order valence-corrected chi connectivity index (χ0v) is 6.97. The summed E-state index contributed by atoms with van der Waals surface area (Å²) in [5.74, 6) is 0.265. The molecule has 0 spiro atoms. The van der Waals surface area contributed by atoms with Crippen LogP contribution in [0.3, 0.4) is 0 Å². The zero-order valence-electron chi connectivity index (χ0n) is 6.97. The van der Waals surface area contributed by atoms with Gasteiger partial charge in [0.05, 0.1) is 5.54 Å². The number of carbonyl (C=O) groups excluding carboxylic acids is 1. The summed E-state index contributed by atoms with van der Waals surface area (Å²) in [6, 6.07) is 0. The molecule has 0 heterocycles. The summed E-state index contributed by atoms with van der Waals surface area (Å²) >= 11 is 0. The topological polar surface area (TPSA) is 69.1 Å².